The lowest BCUT2D eigenvalue weighted by atomic mass is 9.98. The zero-order chi connectivity index (χ0) is 25.1. The molecule has 4 rings (SSSR count). The highest BCUT2D eigenvalue weighted by atomic mass is 32.2. The minimum atomic E-state index is -3.87. The Morgan fingerprint density at radius 2 is 1.82 bits per heavy atom. The smallest absolute Gasteiger partial charge is 0.407 e. The van der Waals surface area contributed by atoms with Crippen molar-refractivity contribution in [3.05, 3.63) is 40.4 Å². The molecule has 8 nitrogen and oxygen atoms in total. The summed E-state index contributed by atoms with van der Waals surface area (Å²) in [5.41, 5.74) is 1.26. The third kappa shape index (κ3) is 5.46. The normalized spacial score (nSPS) is 18.7. The number of nitrogens with one attached hydrogen (secondary N) is 2. The summed E-state index contributed by atoms with van der Waals surface area (Å²) in [6.07, 6.45) is 3.67. The summed E-state index contributed by atoms with van der Waals surface area (Å²) in [7, 11) is -3.87. The van der Waals surface area contributed by atoms with Crippen molar-refractivity contribution >= 4 is 26.9 Å². The summed E-state index contributed by atoms with van der Waals surface area (Å²) >= 11 is 0. The van der Waals surface area contributed by atoms with Crippen molar-refractivity contribution in [3.63, 3.8) is 0 Å². The van der Waals surface area contributed by atoms with Gasteiger partial charge in [0.1, 0.15) is 5.60 Å². The Bertz CT molecular complexity index is 1240. The number of sulfonamides is 1. The van der Waals surface area contributed by atoms with E-state index in [0.29, 0.717) is 34.9 Å². The Kier molecular flexibility index (Phi) is 6.09. The molecule has 1 amide bonds. The van der Waals surface area contributed by atoms with Crippen LogP contribution in [0.15, 0.2) is 23.2 Å². The number of hydrogen-bond donors (Lipinski definition) is 2. The van der Waals surface area contributed by atoms with Crippen molar-refractivity contribution in [3.8, 4) is 0 Å². The van der Waals surface area contributed by atoms with Gasteiger partial charge in [-0.25, -0.2) is 17.9 Å². The molecule has 1 atom stereocenters. The van der Waals surface area contributed by atoms with E-state index in [4.69, 9.17) is 4.74 Å². The number of carbonyl (C=O) groups excluding carboxylic acids is 1. The van der Waals surface area contributed by atoms with Gasteiger partial charge in [-0.2, -0.15) is 4.73 Å². The van der Waals surface area contributed by atoms with E-state index in [1.54, 1.807) is 26.8 Å². The van der Waals surface area contributed by atoms with Gasteiger partial charge in [0.15, 0.2) is 11.9 Å². The number of alkyl carbamates (subject to hydrolysis) is 1. The minimum Gasteiger partial charge on any atom is -0.618 e. The fourth-order valence-electron chi connectivity index (χ4n) is 4.39. The van der Waals surface area contributed by atoms with Gasteiger partial charge in [0.25, 0.3) is 0 Å². The molecular weight excluding hydrogens is 454 g/mol. The summed E-state index contributed by atoms with van der Waals surface area (Å²) in [5, 5.41) is 16.7. The van der Waals surface area contributed by atoms with Crippen LogP contribution < -0.4 is 14.8 Å². The topological polar surface area (TPSA) is 111 Å². The first-order valence-electron chi connectivity index (χ1n) is 11.8. The fourth-order valence-corrected chi connectivity index (χ4v) is 6.17. The van der Waals surface area contributed by atoms with Crippen LogP contribution in [0.2, 0.25) is 0 Å². The van der Waals surface area contributed by atoms with E-state index < -0.39 is 21.7 Å². The molecule has 2 N–H and O–H groups in total. The Hall–Kier alpha value is -2.39. The van der Waals surface area contributed by atoms with Gasteiger partial charge in [-0.05, 0) is 69.1 Å². The van der Waals surface area contributed by atoms with E-state index in [-0.39, 0.29) is 28.8 Å². The first-order valence-corrected chi connectivity index (χ1v) is 13.3. The molecule has 186 valence electrons. The van der Waals surface area contributed by atoms with Crippen LogP contribution in [0, 0.1) is 10.6 Å². The van der Waals surface area contributed by atoms with Crippen molar-refractivity contribution in [1.29, 1.82) is 0 Å². The molecule has 0 spiro atoms. The SMILES string of the molecule is CC(C)(C)CNS(=O)(=O)c1c2c(cc3c[n+]([O-])c(C4CC4)cc13)CC(NC(=O)OC(C)(C)C)C2. The summed E-state index contributed by atoms with van der Waals surface area (Å²) in [4.78, 5) is 12.6. The molecule has 9 heteroatoms. The van der Waals surface area contributed by atoms with Crippen molar-refractivity contribution < 1.29 is 22.7 Å². The number of rotatable bonds is 5. The highest BCUT2D eigenvalue weighted by Gasteiger charge is 2.36. The van der Waals surface area contributed by atoms with Crippen molar-refractivity contribution in [2.75, 3.05) is 6.54 Å². The first-order chi connectivity index (χ1) is 15.6. The second-order valence-electron chi connectivity index (χ2n) is 11.8. The minimum absolute atomic E-state index is 0.176. The van der Waals surface area contributed by atoms with Crippen LogP contribution in [-0.2, 0) is 27.6 Å². The quantitative estimate of drug-likeness (QED) is 0.492. The molecular formula is C25H35N3O5S. The summed E-state index contributed by atoms with van der Waals surface area (Å²) in [5.74, 6) is 0.176. The van der Waals surface area contributed by atoms with E-state index in [1.165, 1.54) is 6.20 Å². The fraction of sp³-hybridized carbons (Fsp3) is 0.600. The van der Waals surface area contributed by atoms with Gasteiger partial charge >= 0.3 is 6.09 Å². The van der Waals surface area contributed by atoms with Crippen molar-refractivity contribution in [1.82, 2.24) is 10.0 Å². The van der Waals surface area contributed by atoms with Gasteiger partial charge in [-0.1, -0.05) is 20.8 Å². The molecule has 2 aliphatic carbocycles. The molecule has 1 fully saturated rings. The van der Waals surface area contributed by atoms with Gasteiger partial charge in [0.2, 0.25) is 10.0 Å². The maximum Gasteiger partial charge on any atom is 0.407 e. The number of aromatic nitrogens is 1. The monoisotopic (exact) mass is 489 g/mol. The predicted octanol–water partition coefficient (Wildman–Crippen LogP) is 3.67. The number of ether oxygens (including phenoxy) is 1. The molecule has 0 aliphatic heterocycles. The Labute approximate surface area is 201 Å². The third-order valence-corrected chi connectivity index (χ3v) is 7.57. The Morgan fingerprint density at radius 1 is 1.15 bits per heavy atom. The zero-order valence-corrected chi connectivity index (χ0v) is 21.6. The van der Waals surface area contributed by atoms with Crippen LogP contribution in [0.1, 0.15) is 77.1 Å². The van der Waals surface area contributed by atoms with Crippen LogP contribution in [0.4, 0.5) is 4.79 Å². The van der Waals surface area contributed by atoms with Gasteiger partial charge in [-0.3, -0.25) is 0 Å². The molecule has 1 saturated carbocycles. The molecule has 2 aromatic rings. The van der Waals surface area contributed by atoms with E-state index in [9.17, 15) is 18.4 Å². The Morgan fingerprint density at radius 3 is 2.41 bits per heavy atom. The molecule has 0 saturated heterocycles. The molecule has 1 aromatic heterocycles. The number of hydrogen-bond acceptors (Lipinski definition) is 5. The van der Waals surface area contributed by atoms with E-state index >= 15 is 0 Å². The average Bonchev–Trinajstić information content (AvgIpc) is 3.42. The highest BCUT2D eigenvalue weighted by Crippen LogP contribution is 2.41. The summed E-state index contributed by atoms with van der Waals surface area (Å²) < 4.78 is 36.3. The van der Waals surface area contributed by atoms with Gasteiger partial charge in [0.05, 0.1) is 4.90 Å². The van der Waals surface area contributed by atoms with E-state index in [2.05, 4.69) is 10.0 Å². The maximum atomic E-state index is 13.6. The van der Waals surface area contributed by atoms with Crippen LogP contribution >= 0.6 is 0 Å². The van der Waals surface area contributed by atoms with Crippen LogP contribution in [0.3, 0.4) is 0 Å². The lowest BCUT2D eigenvalue weighted by molar-refractivity contribution is -0.612. The van der Waals surface area contributed by atoms with Crippen molar-refractivity contribution in [2.45, 2.75) is 89.7 Å². The first kappa shape index (κ1) is 24.7. The van der Waals surface area contributed by atoms with Crippen LogP contribution in [0.25, 0.3) is 10.8 Å². The standard InChI is InChI=1S/C25H35N3O5S/c1-24(2,3)14-26-34(31,32)22-19-11-18(27-23(29)33-25(4,5)6)10-16(19)9-17-13-28(30)21(12-20(17)22)15-7-8-15/h9,12-13,15,18,26H,7-8,10-11,14H2,1-6H3,(H,27,29). The molecule has 0 radical (unpaired) electrons. The van der Waals surface area contributed by atoms with Crippen LogP contribution in [0.5, 0.6) is 0 Å². The molecule has 0 bridgehead atoms. The van der Waals surface area contributed by atoms with Crippen molar-refractivity contribution in [2.24, 2.45) is 5.41 Å². The number of nitrogens with zero attached hydrogens (tertiary/aromatic N) is 1. The van der Waals surface area contributed by atoms with E-state index in [1.807, 2.05) is 26.8 Å². The Balaban J connectivity index is 1.77. The lowest BCUT2D eigenvalue weighted by Gasteiger charge is -2.22. The number of fused-ring (bicyclic) bond motifs is 2. The predicted molar refractivity (Wildman–Crippen MR) is 130 cm³/mol. The average molecular weight is 490 g/mol. The molecule has 1 aromatic carbocycles. The number of benzene rings is 1. The molecule has 34 heavy (non-hydrogen) atoms. The van der Waals surface area contributed by atoms with Crippen LogP contribution in [-0.4, -0.2) is 32.7 Å². The molecule has 2 aliphatic rings. The second kappa shape index (κ2) is 8.37. The second-order valence-corrected chi connectivity index (χ2v) is 13.5. The maximum absolute atomic E-state index is 13.6. The zero-order valence-electron chi connectivity index (χ0n) is 20.8. The van der Waals surface area contributed by atoms with Gasteiger partial charge in [0, 0.05) is 35.3 Å². The largest absolute Gasteiger partial charge is 0.618 e. The number of amides is 1. The number of carbonyl (C=O) groups is 1. The van der Waals surface area contributed by atoms with Gasteiger partial charge < -0.3 is 15.3 Å². The highest BCUT2D eigenvalue weighted by molar-refractivity contribution is 7.89. The summed E-state index contributed by atoms with van der Waals surface area (Å²) in [6.45, 7) is 11.6. The number of pyridine rings is 1. The third-order valence-electron chi connectivity index (χ3n) is 6.04. The van der Waals surface area contributed by atoms with Gasteiger partial charge in [-0.15, -0.1) is 0 Å². The summed E-state index contributed by atoms with van der Waals surface area (Å²) in [6, 6.07) is 3.34. The van der Waals surface area contributed by atoms with E-state index in [0.717, 1.165) is 23.1 Å². The lowest BCUT2D eigenvalue weighted by Crippen LogP contribution is -2.39. The molecule has 1 heterocycles. The molecule has 1 unspecified atom stereocenters.